The van der Waals surface area contributed by atoms with Gasteiger partial charge in [-0.2, -0.15) is 0 Å². The lowest BCUT2D eigenvalue weighted by molar-refractivity contribution is -0.110. The van der Waals surface area contributed by atoms with Crippen LogP contribution in [0.1, 0.15) is 32.9 Å². The Morgan fingerprint density at radius 2 is 2.03 bits per heavy atom. The summed E-state index contributed by atoms with van der Waals surface area (Å²) in [5.41, 5.74) is 4.12. The number of imidazole rings is 1. The fourth-order valence-corrected chi connectivity index (χ4v) is 3.90. The first kappa shape index (κ1) is 22.7. The first-order valence-electron chi connectivity index (χ1n) is 11.3. The van der Waals surface area contributed by atoms with Gasteiger partial charge in [0.15, 0.2) is 0 Å². The molecule has 4 aromatic rings. The van der Waals surface area contributed by atoms with E-state index in [2.05, 4.69) is 25.6 Å². The molecule has 2 amide bonds. The molecule has 9 heteroatoms. The minimum atomic E-state index is -0.449. The number of hydrogen-bond donors (Lipinski definition) is 3. The van der Waals surface area contributed by atoms with Crippen molar-refractivity contribution < 1.29 is 9.59 Å². The molecule has 178 valence electrons. The summed E-state index contributed by atoms with van der Waals surface area (Å²) in [6.45, 7) is 0.524. The quantitative estimate of drug-likeness (QED) is 0.353. The Kier molecular flexibility index (Phi) is 6.35. The van der Waals surface area contributed by atoms with Crippen molar-refractivity contribution >= 4 is 35.2 Å². The largest absolute Gasteiger partial charge is 0.348 e. The van der Waals surface area contributed by atoms with Crippen LogP contribution in [0.5, 0.6) is 0 Å². The lowest BCUT2D eigenvalue weighted by Gasteiger charge is -2.08. The van der Waals surface area contributed by atoms with Gasteiger partial charge in [-0.15, -0.1) is 0 Å². The first-order valence-corrected chi connectivity index (χ1v) is 11.3. The van der Waals surface area contributed by atoms with Crippen LogP contribution >= 0.6 is 0 Å². The molecule has 0 fully saturated rings. The third-order valence-electron chi connectivity index (χ3n) is 5.66. The number of nitrogens with zero attached hydrogens (tertiary/aromatic N) is 3. The Morgan fingerprint density at radius 3 is 2.83 bits per heavy atom. The minimum Gasteiger partial charge on any atom is -0.348 e. The van der Waals surface area contributed by atoms with E-state index in [0.29, 0.717) is 5.57 Å². The van der Waals surface area contributed by atoms with Crippen molar-refractivity contribution in [2.75, 3.05) is 11.9 Å². The van der Waals surface area contributed by atoms with Crippen molar-refractivity contribution in [2.45, 2.75) is 6.54 Å². The molecule has 36 heavy (non-hydrogen) atoms. The summed E-state index contributed by atoms with van der Waals surface area (Å²) in [5, 5.41) is 5.62. The van der Waals surface area contributed by atoms with Gasteiger partial charge in [0.25, 0.3) is 17.4 Å². The number of rotatable bonds is 7. The molecule has 0 spiro atoms. The number of aromatic amines is 1. The van der Waals surface area contributed by atoms with E-state index in [0.717, 1.165) is 28.2 Å². The maximum atomic E-state index is 12.7. The van der Waals surface area contributed by atoms with Crippen LogP contribution in [0.3, 0.4) is 0 Å². The second-order valence-corrected chi connectivity index (χ2v) is 8.11. The maximum absolute atomic E-state index is 12.7. The number of pyridine rings is 2. The molecule has 3 N–H and O–H groups in total. The number of anilines is 1. The third kappa shape index (κ3) is 4.90. The summed E-state index contributed by atoms with van der Waals surface area (Å²) >= 11 is 0. The molecule has 0 aliphatic carbocycles. The Morgan fingerprint density at radius 1 is 1.11 bits per heavy atom. The van der Waals surface area contributed by atoms with Crippen LogP contribution in [0.25, 0.3) is 17.7 Å². The average Bonchev–Trinajstić information content (AvgIpc) is 3.51. The Balaban J connectivity index is 1.22. The van der Waals surface area contributed by atoms with E-state index in [1.165, 1.54) is 10.6 Å². The topological polar surface area (TPSA) is 122 Å². The predicted molar refractivity (Wildman–Crippen MR) is 137 cm³/mol. The molecule has 0 bridgehead atoms. The molecule has 5 rings (SSSR count). The zero-order valence-corrected chi connectivity index (χ0v) is 19.1. The van der Waals surface area contributed by atoms with Crippen LogP contribution in [0.2, 0.25) is 0 Å². The molecule has 1 aliphatic heterocycles. The number of fused-ring (bicyclic) bond motifs is 1. The summed E-state index contributed by atoms with van der Waals surface area (Å²) in [6, 6.07) is 14.3. The SMILES string of the molecule is O=C1Nc2cc(/C=C/CNC(=O)c3cccn(Cc4ccccn4)c3=O)ccc2/C1=C/c1cnc[nH]1. The summed E-state index contributed by atoms with van der Waals surface area (Å²) in [6.07, 6.45) is 11.9. The van der Waals surface area contributed by atoms with E-state index in [1.807, 2.05) is 36.4 Å². The van der Waals surface area contributed by atoms with Gasteiger partial charge in [0, 0.05) is 30.2 Å². The molecule has 0 unspecified atom stereocenters. The van der Waals surface area contributed by atoms with Crippen molar-refractivity contribution in [2.24, 2.45) is 0 Å². The van der Waals surface area contributed by atoms with E-state index >= 15 is 0 Å². The van der Waals surface area contributed by atoms with Gasteiger partial charge < -0.3 is 20.2 Å². The van der Waals surface area contributed by atoms with Gasteiger partial charge in [-0.1, -0.05) is 30.4 Å². The Bertz CT molecular complexity index is 1540. The highest BCUT2D eigenvalue weighted by atomic mass is 16.2. The molecule has 1 aliphatic rings. The summed E-state index contributed by atoms with van der Waals surface area (Å²) in [5.74, 6) is -0.626. The number of H-pyrrole nitrogens is 1. The van der Waals surface area contributed by atoms with Gasteiger partial charge in [0.1, 0.15) is 5.56 Å². The fourth-order valence-electron chi connectivity index (χ4n) is 3.90. The van der Waals surface area contributed by atoms with E-state index in [9.17, 15) is 14.4 Å². The number of carbonyl (C=O) groups is 2. The van der Waals surface area contributed by atoms with Gasteiger partial charge in [0.05, 0.1) is 36.0 Å². The number of nitrogens with one attached hydrogen (secondary N) is 3. The van der Waals surface area contributed by atoms with Crippen LogP contribution < -0.4 is 16.2 Å². The second-order valence-electron chi connectivity index (χ2n) is 8.11. The number of carbonyl (C=O) groups excluding carboxylic acids is 2. The normalized spacial score (nSPS) is 13.7. The van der Waals surface area contributed by atoms with Crippen molar-refractivity contribution in [3.63, 3.8) is 0 Å². The van der Waals surface area contributed by atoms with Gasteiger partial charge in [0.2, 0.25) is 0 Å². The third-order valence-corrected chi connectivity index (χ3v) is 5.66. The second kappa shape index (κ2) is 10.1. The monoisotopic (exact) mass is 478 g/mol. The Labute approximate surface area is 206 Å². The summed E-state index contributed by atoms with van der Waals surface area (Å²) < 4.78 is 1.46. The number of hydrogen-bond acceptors (Lipinski definition) is 5. The van der Waals surface area contributed by atoms with E-state index in [4.69, 9.17) is 0 Å². The van der Waals surface area contributed by atoms with Crippen molar-refractivity contribution in [1.29, 1.82) is 0 Å². The van der Waals surface area contributed by atoms with Crippen LogP contribution in [-0.2, 0) is 11.3 Å². The molecule has 9 nitrogen and oxygen atoms in total. The molecule has 3 aromatic heterocycles. The van der Waals surface area contributed by atoms with Gasteiger partial charge in [-0.3, -0.25) is 19.4 Å². The molecule has 1 aromatic carbocycles. The predicted octanol–water partition coefficient (Wildman–Crippen LogP) is 2.95. The summed E-state index contributed by atoms with van der Waals surface area (Å²) in [7, 11) is 0. The van der Waals surface area contributed by atoms with Gasteiger partial charge in [-0.25, -0.2) is 4.98 Å². The standard InChI is InChI=1S/C27H22N6O3/c34-25(22-7-4-12-33(27(22)36)16-19-6-1-2-10-29-19)30-11-3-5-18-8-9-21-23(14-20-15-28-17-31-20)26(35)32-24(21)13-18/h1-10,12-15,17H,11,16H2,(H,28,31)(H,30,34)(H,32,35)/b5-3+,23-14-. The van der Waals surface area contributed by atoms with Crippen LogP contribution in [0, 0.1) is 0 Å². The molecule has 0 atom stereocenters. The number of benzene rings is 1. The van der Waals surface area contributed by atoms with Gasteiger partial charge >= 0.3 is 0 Å². The lowest BCUT2D eigenvalue weighted by Crippen LogP contribution is -2.33. The zero-order chi connectivity index (χ0) is 24.9. The minimum absolute atomic E-state index is 0.0682. The lowest BCUT2D eigenvalue weighted by atomic mass is 10.0. The van der Waals surface area contributed by atoms with Crippen molar-refractivity contribution in [3.05, 3.63) is 118 Å². The maximum Gasteiger partial charge on any atom is 0.263 e. The highest BCUT2D eigenvalue weighted by molar-refractivity contribution is 6.34. The molecular formula is C27H22N6O3. The highest BCUT2D eigenvalue weighted by Crippen LogP contribution is 2.33. The first-order chi connectivity index (χ1) is 17.6. The summed E-state index contributed by atoms with van der Waals surface area (Å²) in [4.78, 5) is 48.9. The molecular weight excluding hydrogens is 456 g/mol. The fraction of sp³-hybridized carbons (Fsp3) is 0.0741. The molecule has 0 saturated carbocycles. The van der Waals surface area contributed by atoms with Gasteiger partial charge in [-0.05, 0) is 42.0 Å². The van der Waals surface area contributed by atoms with E-state index in [-0.39, 0.29) is 30.1 Å². The average molecular weight is 479 g/mol. The molecule has 0 saturated heterocycles. The van der Waals surface area contributed by atoms with E-state index < -0.39 is 5.91 Å². The molecule has 4 heterocycles. The Hall–Kier alpha value is -5.05. The van der Waals surface area contributed by atoms with Crippen LogP contribution in [0.4, 0.5) is 5.69 Å². The highest BCUT2D eigenvalue weighted by Gasteiger charge is 2.24. The smallest absolute Gasteiger partial charge is 0.263 e. The van der Waals surface area contributed by atoms with Crippen LogP contribution in [0.15, 0.2) is 84.3 Å². The van der Waals surface area contributed by atoms with E-state index in [1.54, 1.807) is 49.2 Å². The molecule has 0 radical (unpaired) electrons. The van der Waals surface area contributed by atoms with Crippen molar-refractivity contribution in [3.8, 4) is 0 Å². The number of aromatic nitrogens is 4. The zero-order valence-electron chi connectivity index (χ0n) is 19.1. The number of amides is 2. The van der Waals surface area contributed by atoms with Crippen LogP contribution in [-0.4, -0.2) is 37.9 Å². The van der Waals surface area contributed by atoms with Crippen molar-refractivity contribution in [1.82, 2.24) is 24.8 Å².